The quantitative estimate of drug-likeness (QED) is 0.649. The SMILES string of the molecule is Cn1ccnc1COc1ccc(NC(=O)c2ccc(OCC(F)(F)F)nc2)cc1. The van der Waals surface area contributed by atoms with Crippen LogP contribution in [-0.4, -0.2) is 33.2 Å². The summed E-state index contributed by atoms with van der Waals surface area (Å²) in [5.74, 6) is 0.714. The number of aromatic nitrogens is 3. The van der Waals surface area contributed by atoms with Crippen LogP contribution in [0.5, 0.6) is 11.6 Å². The number of hydrogen-bond acceptors (Lipinski definition) is 5. The number of anilines is 1. The summed E-state index contributed by atoms with van der Waals surface area (Å²) in [5, 5.41) is 2.67. The van der Waals surface area contributed by atoms with Gasteiger partial charge in [0, 0.05) is 37.4 Å². The topological polar surface area (TPSA) is 78.3 Å². The van der Waals surface area contributed by atoms with Gasteiger partial charge < -0.3 is 19.4 Å². The van der Waals surface area contributed by atoms with Gasteiger partial charge in [-0.3, -0.25) is 4.79 Å². The third kappa shape index (κ3) is 5.96. The van der Waals surface area contributed by atoms with E-state index in [2.05, 4.69) is 20.0 Å². The number of rotatable bonds is 7. The second kappa shape index (κ2) is 8.63. The van der Waals surface area contributed by atoms with Crippen LogP contribution in [0.3, 0.4) is 0 Å². The zero-order chi connectivity index (χ0) is 20.9. The smallest absolute Gasteiger partial charge is 0.422 e. The Balaban J connectivity index is 1.53. The van der Waals surface area contributed by atoms with Crippen molar-refractivity contribution in [3.8, 4) is 11.6 Å². The van der Waals surface area contributed by atoms with Crippen LogP contribution in [0, 0.1) is 0 Å². The number of aryl methyl sites for hydroxylation is 1. The molecule has 3 rings (SSSR count). The summed E-state index contributed by atoms with van der Waals surface area (Å²) in [6.07, 6.45) is 0.193. The fourth-order valence-corrected chi connectivity index (χ4v) is 2.28. The monoisotopic (exact) mass is 406 g/mol. The lowest BCUT2D eigenvalue weighted by Gasteiger charge is -2.10. The van der Waals surface area contributed by atoms with Crippen LogP contribution in [0.2, 0.25) is 0 Å². The number of halogens is 3. The molecule has 2 aromatic heterocycles. The molecule has 0 unspecified atom stereocenters. The summed E-state index contributed by atoms with van der Waals surface area (Å²) >= 11 is 0. The number of imidazole rings is 1. The summed E-state index contributed by atoms with van der Waals surface area (Å²) in [5.41, 5.74) is 0.705. The molecular formula is C19H17F3N4O3. The zero-order valence-electron chi connectivity index (χ0n) is 15.3. The minimum atomic E-state index is -4.45. The number of carbonyl (C=O) groups excluding carboxylic acids is 1. The highest BCUT2D eigenvalue weighted by atomic mass is 19.4. The van der Waals surface area contributed by atoms with E-state index in [-0.39, 0.29) is 11.4 Å². The number of alkyl halides is 3. The van der Waals surface area contributed by atoms with Crippen molar-refractivity contribution in [2.24, 2.45) is 7.05 Å². The Morgan fingerprint density at radius 3 is 2.45 bits per heavy atom. The van der Waals surface area contributed by atoms with Crippen LogP contribution in [0.25, 0.3) is 0 Å². The van der Waals surface area contributed by atoms with Crippen LogP contribution in [-0.2, 0) is 13.7 Å². The minimum Gasteiger partial charge on any atom is -0.486 e. The van der Waals surface area contributed by atoms with E-state index in [0.717, 1.165) is 12.0 Å². The first-order valence-corrected chi connectivity index (χ1v) is 8.46. The lowest BCUT2D eigenvalue weighted by molar-refractivity contribution is -0.154. The molecule has 0 saturated heterocycles. The molecular weight excluding hydrogens is 389 g/mol. The molecule has 0 fully saturated rings. The second-order valence-electron chi connectivity index (χ2n) is 6.01. The van der Waals surface area contributed by atoms with Crippen molar-refractivity contribution in [1.82, 2.24) is 14.5 Å². The molecule has 1 N–H and O–H groups in total. The molecule has 0 saturated carbocycles. The van der Waals surface area contributed by atoms with E-state index >= 15 is 0 Å². The minimum absolute atomic E-state index is 0.180. The number of carbonyl (C=O) groups is 1. The third-order valence-corrected chi connectivity index (χ3v) is 3.78. The van der Waals surface area contributed by atoms with Crippen molar-refractivity contribution in [1.29, 1.82) is 0 Å². The number of nitrogens with zero attached hydrogens (tertiary/aromatic N) is 3. The third-order valence-electron chi connectivity index (χ3n) is 3.78. The van der Waals surface area contributed by atoms with Crippen LogP contribution in [0.4, 0.5) is 18.9 Å². The van der Waals surface area contributed by atoms with Crippen molar-refractivity contribution in [2.75, 3.05) is 11.9 Å². The molecule has 2 heterocycles. The highest BCUT2D eigenvalue weighted by Crippen LogP contribution is 2.19. The van der Waals surface area contributed by atoms with Gasteiger partial charge in [0.2, 0.25) is 5.88 Å². The first kappa shape index (κ1) is 20.2. The molecule has 1 amide bonds. The van der Waals surface area contributed by atoms with Crippen LogP contribution in [0.15, 0.2) is 55.0 Å². The van der Waals surface area contributed by atoms with Gasteiger partial charge in [0.25, 0.3) is 5.91 Å². The van der Waals surface area contributed by atoms with Gasteiger partial charge in [-0.25, -0.2) is 9.97 Å². The molecule has 0 spiro atoms. The van der Waals surface area contributed by atoms with Crippen LogP contribution < -0.4 is 14.8 Å². The normalized spacial score (nSPS) is 11.2. The lowest BCUT2D eigenvalue weighted by atomic mass is 10.2. The summed E-state index contributed by atoms with van der Waals surface area (Å²) in [6.45, 7) is -1.14. The number of nitrogens with one attached hydrogen (secondary N) is 1. The van der Waals surface area contributed by atoms with E-state index in [0.29, 0.717) is 18.0 Å². The predicted octanol–water partition coefficient (Wildman–Crippen LogP) is 3.59. The van der Waals surface area contributed by atoms with Gasteiger partial charge in [-0.05, 0) is 30.3 Å². The number of hydrogen-bond donors (Lipinski definition) is 1. The Hall–Kier alpha value is -3.56. The number of amides is 1. The largest absolute Gasteiger partial charge is 0.486 e. The van der Waals surface area contributed by atoms with Gasteiger partial charge in [-0.2, -0.15) is 13.2 Å². The van der Waals surface area contributed by atoms with Crippen molar-refractivity contribution in [3.05, 3.63) is 66.4 Å². The molecule has 0 aliphatic rings. The van der Waals surface area contributed by atoms with E-state index in [1.54, 1.807) is 30.5 Å². The van der Waals surface area contributed by atoms with Crippen molar-refractivity contribution in [3.63, 3.8) is 0 Å². The van der Waals surface area contributed by atoms with Crippen LogP contribution in [0.1, 0.15) is 16.2 Å². The number of benzene rings is 1. The molecule has 152 valence electrons. The maximum Gasteiger partial charge on any atom is 0.422 e. The molecule has 0 aliphatic heterocycles. The first-order valence-electron chi connectivity index (χ1n) is 8.46. The second-order valence-corrected chi connectivity index (χ2v) is 6.01. The van der Waals surface area contributed by atoms with Gasteiger partial charge in [0.05, 0.1) is 5.56 Å². The molecule has 0 aliphatic carbocycles. The van der Waals surface area contributed by atoms with E-state index in [4.69, 9.17) is 4.74 Å². The highest BCUT2D eigenvalue weighted by Gasteiger charge is 2.28. The number of ether oxygens (including phenoxy) is 2. The average Bonchev–Trinajstić information content (AvgIpc) is 3.10. The molecule has 10 heteroatoms. The summed E-state index contributed by atoms with van der Waals surface area (Å²) in [4.78, 5) is 20.1. The van der Waals surface area contributed by atoms with E-state index in [9.17, 15) is 18.0 Å². The maximum absolute atomic E-state index is 12.2. The Morgan fingerprint density at radius 1 is 1.10 bits per heavy atom. The van der Waals surface area contributed by atoms with Gasteiger partial charge in [-0.15, -0.1) is 0 Å². The fraction of sp³-hybridized carbons (Fsp3) is 0.211. The van der Waals surface area contributed by atoms with Crippen molar-refractivity contribution >= 4 is 11.6 Å². The summed E-state index contributed by atoms with van der Waals surface area (Å²) in [7, 11) is 1.87. The van der Waals surface area contributed by atoms with E-state index in [1.165, 1.54) is 12.1 Å². The Bertz CT molecular complexity index is 954. The molecule has 7 nitrogen and oxygen atoms in total. The Labute approximate surface area is 164 Å². The Kier molecular flexibility index (Phi) is 6.01. The Morgan fingerprint density at radius 2 is 1.86 bits per heavy atom. The van der Waals surface area contributed by atoms with Gasteiger partial charge in [0.1, 0.15) is 18.2 Å². The molecule has 1 aromatic carbocycles. The first-order chi connectivity index (χ1) is 13.8. The fourth-order valence-electron chi connectivity index (χ4n) is 2.28. The van der Waals surface area contributed by atoms with Gasteiger partial charge in [-0.1, -0.05) is 0 Å². The number of pyridine rings is 1. The van der Waals surface area contributed by atoms with E-state index in [1.807, 2.05) is 17.8 Å². The molecule has 3 aromatic rings. The highest BCUT2D eigenvalue weighted by molar-refractivity contribution is 6.04. The molecule has 29 heavy (non-hydrogen) atoms. The molecule has 0 atom stereocenters. The standard InChI is InChI=1S/C19H17F3N4O3/c1-26-9-8-23-16(26)11-28-15-5-3-14(4-6-15)25-18(27)13-2-7-17(24-10-13)29-12-19(20,21)22/h2-10H,11-12H2,1H3,(H,25,27). The molecule has 0 radical (unpaired) electrons. The summed E-state index contributed by atoms with van der Waals surface area (Å²) in [6, 6.07) is 9.27. The molecule has 0 bridgehead atoms. The summed E-state index contributed by atoms with van der Waals surface area (Å²) < 4.78 is 48.4. The predicted molar refractivity (Wildman–Crippen MR) is 97.7 cm³/mol. The van der Waals surface area contributed by atoms with E-state index < -0.39 is 18.7 Å². The van der Waals surface area contributed by atoms with Crippen LogP contribution >= 0.6 is 0 Å². The van der Waals surface area contributed by atoms with Gasteiger partial charge >= 0.3 is 6.18 Å². The van der Waals surface area contributed by atoms with Crippen molar-refractivity contribution < 1.29 is 27.4 Å². The van der Waals surface area contributed by atoms with Gasteiger partial charge in [0.15, 0.2) is 6.61 Å². The average molecular weight is 406 g/mol. The maximum atomic E-state index is 12.2. The van der Waals surface area contributed by atoms with Crippen molar-refractivity contribution in [2.45, 2.75) is 12.8 Å². The zero-order valence-corrected chi connectivity index (χ0v) is 15.3. The lowest BCUT2D eigenvalue weighted by Crippen LogP contribution is -2.19.